The van der Waals surface area contributed by atoms with E-state index in [2.05, 4.69) is 24.4 Å². The van der Waals surface area contributed by atoms with Crippen LogP contribution in [0.1, 0.15) is 25.5 Å². The fraction of sp³-hybridized carbons (Fsp3) is 0.429. The van der Waals surface area contributed by atoms with Crippen LogP contribution < -0.4 is 5.32 Å². The van der Waals surface area contributed by atoms with Gasteiger partial charge in [0.25, 0.3) is 0 Å². The number of nitrogens with one attached hydrogen (secondary N) is 1. The summed E-state index contributed by atoms with van der Waals surface area (Å²) in [7, 11) is 2.02. The van der Waals surface area contributed by atoms with Crippen molar-refractivity contribution in [3.8, 4) is 0 Å². The molecule has 2 aromatic rings. The molecular weight excluding hydrogens is 198 g/mol. The first-order chi connectivity index (χ1) is 7.83. The Morgan fingerprint density at radius 3 is 2.81 bits per heavy atom. The fourth-order valence-corrected chi connectivity index (χ4v) is 2.08. The van der Waals surface area contributed by atoms with E-state index >= 15 is 0 Å². The second kappa shape index (κ2) is 5.17. The normalized spacial score (nSPS) is 13.1. The molecule has 0 fully saturated rings. The lowest BCUT2D eigenvalue weighted by atomic mass is 10.1. The van der Waals surface area contributed by atoms with Crippen molar-refractivity contribution >= 4 is 11.0 Å². The molecular formula is C14H19NO. The van der Waals surface area contributed by atoms with E-state index in [1.165, 1.54) is 18.2 Å². The highest BCUT2D eigenvalue weighted by Crippen LogP contribution is 2.20. The number of fused-ring (bicyclic) bond motifs is 1. The van der Waals surface area contributed by atoms with Gasteiger partial charge in [0.2, 0.25) is 0 Å². The molecule has 1 aromatic carbocycles. The van der Waals surface area contributed by atoms with Crippen molar-refractivity contribution in [2.75, 3.05) is 7.05 Å². The first kappa shape index (κ1) is 11.2. The van der Waals surface area contributed by atoms with Gasteiger partial charge in [-0.25, -0.2) is 0 Å². The molecule has 2 heteroatoms. The Labute approximate surface area is 96.6 Å². The lowest BCUT2D eigenvalue weighted by molar-refractivity contribution is 0.456. The minimum absolute atomic E-state index is 0.519. The van der Waals surface area contributed by atoms with Gasteiger partial charge in [0.1, 0.15) is 11.3 Å². The van der Waals surface area contributed by atoms with Crippen molar-refractivity contribution in [2.45, 2.75) is 32.2 Å². The van der Waals surface area contributed by atoms with Crippen LogP contribution in [0.4, 0.5) is 0 Å². The van der Waals surface area contributed by atoms with E-state index in [1.807, 2.05) is 25.2 Å². The van der Waals surface area contributed by atoms with Gasteiger partial charge < -0.3 is 9.73 Å². The summed E-state index contributed by atoms with van der Waals surface area (Å²) in [5, 5.41) is 4.53. The zero-order chi connectivity index (χ0) is 11.4. The molecule has 0 spiro atoms. The summed E-state index contributed by atoms with van der Waals surface area (Å²) < 4.78 is 5.81. The number of likely N-dealkylation sites (N-methyl/N-ethyl adjacent to an activating group) is 1. The molecule has 86 valence electrons. The van der Waals surface area contributed by atoms with Gasteiger partial charge in [-0.05, 0) is 25.6 Å². The third-order valence-corrected chi connectivity index (χ3v) is 2.97. The summed E-state index contributed by atoms with van der Waals surface area (Å²) >= 11 is 0. The average Bonchev–Trinajstić information content (AvgIpc) is 2.70. The molecule has 0 radical (unpaired) electrons. The third kappa shape index (κ3) is 2.45. The van der Waals surface area contributed by atoms with Crippen molar-refractivity contribution in [3.05, 3.63) is 36.1 Å². The highest BCUT2D eigenvalue weighted by atomic mass is 16.3. The predicted molar refractivity (Wildman–Crippen MR) is 67.7 cm³/mol. The number of hydrogen-bond donors (Lipinski definition) is 1. The zero-order valence-electron chi connectivity index (χ0n) is 9.99. The lowest BCUT2D eigenvalue weighted by Gasteiger charge is -2.12. The molecule has 1 N–H and O–H groups in total. The van der Waals surface area contributed by atoms with Crippen LogP contribution in [-0.4, -0.2) is 13.1 Å². The molecule has 1 unspecified atom stereocenters. The van der Waals surface area contributed by atoms with Gasteiger partial charge in [-0.15, -0.1) is 0 Å². The second-order valence-electron chi connectivity index (χ2n) is 4.23. The maximum atomic E-state index is 5.81. The van der Waals surface area contributed by atoms with Gasteiger partial charge in [-0.2, -0.15) is 0 Å². The van der Waals surface area contributed by atoms with Gasteiger partial charge in [-0.3, -0.25) is 0 Å². The highest BCUT2D eigenvalue weighted by Gasteiger charge is 2.09. The average molecular weight is 217 g/mol. The molecule has 0 amide bonds. The Hall–Kier alpha value is -1.28. The molecule has 2 rings (SSSR count). The Kier molecular flexibility index (Phi) is 3.62. The van der Waals surface area contributed by atoms with Gasteiger partial charge in [0, 0.05) is 17.8 Å². The van der Waals surface area contributed by atoms with Crippen molar-refractivity contribution in [2.24, 2.45) is 0 Å². The zero-order valence-corrected chi connectivity index (χ0v) is 9.99. The van der Waals surface area contributed by atoms with Gasteiger partial charge >= 0.3 is 0 Å². The van der Waals surface area contributed by atoms with Crippen LogP contribution in [0.2, 0.25) is 0 Å². The van der Waals surface area contributed by atoms with Gasteiger partial charge in [0.15, 0.2) is 0 Å². The summed E-state index contributed by atoms with van der Waals surface area (Å²) in [6.45, 7) is 2.21. The minimum Gasteiger partial charge on any atom is -0.461 e. The molecule has 0 saturated carbocycles. The van der Waals surface area contributed by atoms with Crippen molar-refractivity contribution in [3.63, 3.8) is 0 Å². The number of furan rings is 1. The number of hydrogen-bond acceptors (Lipinski definition) is 2. The Morgan fingerprint density at radius 1 is 1.31 bits per heavy atom. The quantitative estimate of drug-likeness (QED) is 0.830. The molecule has 0 saturated heterocycles. The Bertz CT molecular complexity index is 414. The summed E-state index contributed by atoms with van der Waals surface area (Å²) in [6.07, 6.45) is 3.36. The van der Waals surface area contributed by atoms with Gasteiger partial charge in [-0.1, -0.05) is 31.5 Å². The van der Waals surface area contributed by atoms with E-state index < -0.39 is 0 Å². The fourth-order valence-electron chi connectivity index (χ4n) is 2.08. The molecule has 1 atom stereocenters. The van der Waals surface area contributed by atoms with Crippen LogP contribution in [0.3, 0.4) is 0 Å². The SMILES string of the molecule is CCCC(Cc1cc2ccccc2o1)NC. The number of para-hydroxylation sites is 1. The first-order valence-corrected chi connectivity index (χ1v) is 5.98. The molecule has 0 aliphatic carbocycles. The summed E-state index contributed by atoms with van der Waals surface area (Å²) in [6, 6.07) is 10.8. The van der Waals surface area contributed by atoms with E-state index in [0.29, 0.717) is 6.04 Å². The molecule has 0 aliphatic heterocycles. The van der Waals surface area contributed by atoms with Crippen LogP contribution in [0, 0.1) is 0 Å². The third-order valence-electron chi connectivity index (χ3n) is 2.97. The predicted octanol–water partition coefficient (Wildman–Crippen LogP) is 3.36. The Balaban J connectivity index is 2.14. The Morgan fingerprint density at radius 2 is 2.12 bits per heavy atom. The van der Waals surface area contributed by atoms with Crippen molar-refractivity contribution < 1.29 is 4.42 Å². The molecule has 0 bridgehead atoms. The molecule has 0 aliphatic rings. The van der Waals surface area contributed by atoms with Crippen LogP contribution in [0.5, 0.6) is 0 Å². The van der Waals surface area contributed by atoms with E-state index in [1.54, 1.807) is 0 Å². The largest absolute Gasteiger partial charge is 0.461 e. The standard InChI is InChI=1S/C14H19NO/c1-3-6-12(15-2)10-13-9-11-7-4-5-8-14(11)16-13/h4-5,7-9,12,15H,3,6,10H2,1-2H3. The van der Waals surface area contributed by atoms with Crippen LogP contribution in [-0.2, 0) is 6.42 Å². The lowest BCUT2D eigenvalue weighted by Crippen LogP contribution is -2.26. The van der Waals surface area contributed by atoms with E-state index in [0.717, 1.165) is 17.8 Å². The molecule has 2 nitrogen and oxygen atoms in total. The monoisotopic (exact) mass is 217 g/mol. The highest BCUT2D eigenvalue weighted by molar-refractivity contribution is 5.77. The van der Waals surface area contributed by atoms with E-state index in [9.17, 15) is 0 Å². The smallest absolute Gasteiger partial charge is 0.134 e. The minimum atomic E-state index is 0.519. The maximum absolute atomic E-state index is 5.81. The maximum Gasteiger partial charge on any atom is 0.134 e. The summed E-state index contributed by atoms with van der Waals surface area (Å²) in [4.78, 5) is 0. The molecule has 16 heavy (non-hydrogen) atoms. The molecule has 1 aromatic heterocycles. The number of rotatable bonds is 5. The van der Waals surface area contributed by atoms with Crippen LogP contribution >= 0.6 is 0 Å². The second-order valence-corrected chi connectivity index (χ2v) is 4.23. The first-order valence-electron chi connectivity index (χ1n) is 5.98. The van der Waals surface area contributed by atoms with Crippen LogP contribution in [0.25, 0.3) is 11.0 Å². The topological polar surface area (TPSA) is 25.2 Å². The van der Waals surface area contributed by atoms with E-state index in [4.69, 9.17) is 4.42 Å². The van der Waals surface area contributed by atoms with E-state index in [-0.39, 0.29) is 0 Å². The summed E-state index contributed by atoms with van der Waals surface area (Å²) in [5.74, 6) is 1.08. The number of benzene rings is 1. The van der Waals surface area contributed by atoms with Gasteiger partial charge in [0.05, 0.1) is 0 Å². The van der Waals surface area contributed by atoms with Crippen LogP contribution in [0.15, 0.2) is 34.7 Å². The van der Waals surface area contributed by atoms with Crippen molar-refractivity contribution in [1.82, 2.24) is 5.32 Å². The summed E-state index contributed by atoms with van der Waals surface area (Å²) in [5.41, 5.74) is 0.990. The molecule has 1 heterocycles. The van der Waals surface area contributed by atoms with Crippen molar-refractivity contribution in [1.29, 1.82) is 0 Å².